The zero-order chi connectivity index (χ0) is 24.1. The van der Waals surface area contributed by atoms with Crippen molar-refractivity contribution in [3.05, 3.63) is 11.6 Å². The highest BCUT2D eigenvalue weighted by Gasteiger charge is 2.90. The summed E-state index contributed by atoms with van der Waals surface area (Å²) in [7, 11) is 0. The zero-order valence-electron chi connectivity index (χ0n) is 13.3. The van der Waals surface area contributed by atoms with Crippen molar-refractivity contribution in [1.82, 2.24) is 0 Å². The second kappa shape index (κ2) is 7.14. The normalized spacial score (nSPS) is 16.2. The van der Waals surface area contributed by atoms with E-state index in [2.05, 4.69) is 0 Å². The van der Waals surface area contributed by atoms with Crippen molar-refractivity contribution < 1.29 is 75.8 Å². The first kappa shape index (κ1) is 27.2. The van der Waals surface area contributed by atoms with Crippen LogP contribution in [0.5, 0.6) is 0 Å². The molecule has 2 nitrogen and oxygen atoms in total. The molecular weight excluding hydrogens is 461 g/mol. The third-order valence-corrected chi connectivity index (χ3v) is 3.22. The lowest BCUT2D eigenvalue weighted by Crippen LogP contribution is -2.70. The van der Waals surface area contributed by atoms with Gasteiger partial charge in [0.05, 0.1) is 0 Å². The van der Waals surface area contributed by atoms with Crippen molar-refractivity contribution in [2.24, 2.45) is 0 Å². The van der Waals surface area contributed by atoms with E-state index in [4.69, 9.17) is 5.11 Å². The largest absolute Gasteiger partial charge is 0.478 e. The summed E-state index contributed by atoms with van der Waals surface area (Å²) in [5.41, 5.74) is -1.87. The number of halogens is 15. The van der Waals surface area contributed by atoms with Crippen molar-refractivity contribution in [2.75, 3.05) is 0 Å². The zero-order valence-corrected chi connectivity index (χ0v) is 13.3. The van der Waals surface area contributed by atoms with Gasteiger partial charge in [-0.3, -0.25) is 0 Å². The van der Waals surface area contributed by atoms with Crippen LogP contribution in [0.3, 0.4) is 0 Å². The molecule has 0 aliphatic rings. The van der Waals surface area contributed by atoms with Crippen LogP contribution in [0.2, 0.25) is 0 Å². The van der Waals surface area contributed by atoms with E-state index in [-0.39, 0.29) is 6.92 Å². The second-order valence-corrected chi connectivity index (χ2v) is 5.55. The van der Waals surface area contributed by atoms with Gasteiger partial charge in [-0.05, 0) is 6.92 Å². The van der Waals surface area contributed by atoms with Gasteiger partial charge in [0.2, 0.25) is 0 Å². The maximum atomic E-state index is 13.3. The Balaban J connectivity index is 6.51. The van der Waals surface area contributed by atoms with E-state index in [1.165, 1.54) is 0 Å². The van der Waals surface area contributed by atoms with Crippen molar-refractivity contribution >= 4 is 5.97 Å². The predicted molar refractivity (Wildman–Crippen MR) is 61.7 cm³/mol. The molecule has 0 fully saturated rings. The van der Waals surface area contributed by atoms with Gasteiger partial charge < -0.3 is 5.11 Å². The smallest absolute Gasteiger partial charge is 0.395 e. The topological polar surface area (TPSA) is 37.3 Å². The lowest BCUT2D eigenvalue weighted by Gasteiger charge is -2.41. The Bertz CT molecular complexity index is 659. The van der Waals surface area contributed by atoms with Crippen molar-refractivity contribution in [1.29, 1.82) is 0 Å². The number of carbonyl (C=O) groups is 1. The van der Waals surface area contributed by atoms with E-state index in [9.17, 15) is 70.7 Å². The predicted octanol–water partition coefficient (Wildman–Crippen LogP) is 5.78. The molecule has 0 bridgehead atoms. The molecule has 0 aromatic carbocycles. The minimum Gasteiger partial charge on any atom is -0.478 e. The molecule has 0 unspecified atom stereocenters. The highest BCUT2D eigenvalue weighted by atomic mass is 19.4. The number of rotatable bonds is 8. The lowest BCUT2D eigenvalue weighted by molar-refractivity contribution is -0.424. The van der Waals surface area contributed by atoms with Crippen molar-refractivity contribution in [3.63, 3.8) is 0 Å². The molecule has 1 N–H and O–H groups in total. The number of allylic oxidation sites excluding steroid dienone is 1. The van der Waals surface area contributed by atoms with Crippen LogP contribution in [-0.2, 0) is 4.79 Å². The van der Waals surface area contributed by atoms with Gasteiger partial charge in [-0.1, -0.05) is 0 Å². The molecule has 0 saturated carbocycles. The van der Waals surface area contributed by atoms with E-state index >= 15 is 0 Å². The molecule has 0 radical (unpaired) electrons. The van der Waals surface area contributed by atoms with Crippen molar-refractivity contribution in [2.45, 2.75) is 55.1 Å². The number of hydrogen-bond donors (Lipinski definition) is 1. The number of aliphatic carboxylic acids is 1. The molecule has 0 aliphatic carbocycles. The van der Waals surface area contributed by atoms with Gasteiger partial charge in [-0.2, -0.15) is 65.9 Å². The summed E-state index contributed by atoms with van der Waals surface area (Å²) in [5.74, 6) is -48.0. The van der Waals surface area contributed by atoms with E-state index in [0.717, 1.165) is 0 Å². The third-order valence-electron chi connectivity index (χ3n) is 3.22. The molecule has 0 saturated heterocycles. The van der Waals surface area contributed by atoms with Crippen LogP contribution >= 0.6 is 0 Å². The highest BCUT2D eigenvalue weighted by molar-refractivity contribution is 5.86. The molecule has 0 aliphatic heterocycles. The fraction of sp³-hybridized carbons (Fsp3) is 0.750. The first-order valence-electron chi connectivity index (χ1n) is 6.55. The summed E-state index contributed by atoms with van der Waals surface area (Å²) in [5, 5.41) is 8.21. The SMILES string of the molecule is CC(=CC(F)(F)C(F)(F)C(F)(F)C(F)(F)C(F)(F)C(F)(F)CC(F)(F)F)C(=O)O. The number of carboxylic acids is 1. The number of hydrogen-bond acceptors (Lipinski definition) is 1. The van der Waals surface area contributed by atoms with Gasteiger partial charge >= 0.3 is 47.7 Å². The summed E-state index contributed by atoms with van der Waals surface area (Å²) in [4.78, 5) is 10.3. The quantitative estimate of drug-likeness (QED) is 0.362. The average molecular weight is 468 g/mol. The lowest BCUT2D eigenvalue weighted by atomic mass is 9.89. The van der Waals surface area contributed by atoms with Crippen LogP contribution in [0.25, 0.3) is 0 Å². The van der Waals surface area contributed by atoms with Gasteiger partial charge in [-0.25, -0.2) is 4.79 Å². The first-order valence-corrected chi connectivity index (χ1v) is 6.55. The Morgan fingerprint density at radius 2 is 1.03 bits per heavy atom. The van der Waals surface area contributed by atoms with Crippen LogP contribution in [-0.4, -0.2) is 52.8 Å². The molecular formula is C12H7F15O2. The summed E-state index contributed by atoms with van der Waals surface area (Å²) < 4.78 is 194. The minimum absolute atomic E-state index is 0.0642. The summed E-state index contributed by atoms with van der Waals surface area (Å²) in [6.07, 6.45) is -12.1. The molecule has 0 heterocycles. The van der Waals surface area contributed by atoms with Crippen molar-refractivity contribution in [3.8, 4) is 0 Å². The summed E-state index contributed by atoms with van der Waals surface area (Å²) >= 11 is 0. The maximum absolute atomic E-state index is 13.3. The average Bonchev–Trinajstić information content (AvgIpc) is 2.42. The molecule has 0 aromatic heterocycles. The van der Waals surface area contributed by atoms with Gasteiger partial charge in [0.1, 0.15) is 6.42 Å². The Morgan fingerprint density at radius 3 is 1.34 bits per heavy atom. The Hall–Kier alpha value is -1.84. The maximum Gasteiger partial charge on any atom is 0.395 e. The summed E-state index contributed by atoms with van der Waals surface area (Å²) in [6, 6.07) is 0. The summed E-state index contributed by atoms with van der Waals surface area (Å²) in [6.45, 7) is 0.0642. The molecule has 0 aromatic rings. The number of carboxylic acid groups (broad SMARTS) is 1. The Labute approximate surface area is 150 Å². The molecule has 0 atom stereocenters. The third kappa shape index (κ3) is 4.51. The molecule has 29 heavy (non-hydrogen) atoms. The van der Waals surface area contributed by atoms with Crippen LogP contribution < -0.4 is 0 Å². The Morgan fingerprint density at radius 1 is 0.690 bits per heavy atom. The standard InChI is InChI=1S/C12H7F15O2/c1-4(5(28)29)2-6(13,14)9(20,21)11(24,25)12(26,27)10(22,23)7(15,16)3-8(17,18)19/h2H,3H2,1H3,(H,28,29). The minimum atomic E-state index is -8.16. The highest BCUT2D eigenvalue weighted by Crippen LogP contribution is 2.61. The first-order chi connectivity index (χ1) is 12.3. The van der Waals surface area contributed by atoms with E-state index in [1.807, 2.05) is 0 Å². The molecule has 17 heteroatoms. The van der Waals surface area contributed by atoms with Crippen LogP contribution in [0.4, 0.5) is 65.9 Å². The van der Waals surface area contributed by atoms with Gasteiger partial charge in [-0.15, -0.1) is 0 Å². The van der Waals surface area contributed by atoms with E-state index < -0.39 is 65.8 Å². The fourth-order valence-corrected chi connectivity index (χ4v) is 1.62. The van der Waals surface area contributed by atoms with E-state index in [1.54, 1.807) is 0 Å². The van der Waals surface area contributed by atoms with Gasteiger partial charge in [0.15, 0.2) is 0 Å². The second-order valence-electron chi connectivity index (χ2n) is 5.55. The van der Waals surface area contributed by atoms with Crippen LogP contribution in [0, 0.1) is 0 Å². The molecule has 0 amide bonds. The van der Waals surface area contributed by atoms with Crippen LogP contribution in [0.1, 0.15) is 13.3 Å². The Kier molecular flexibility index (Phi) is 6.69. The van der Waals surface area contributed by atoms with Crippen LogP contribution in [0.15, 0.2) is 11.6 Å². The molecule has 0 rings (SSSR count). The fourth-order valence-electron chi connectivity index (χ4n) is 1.62. The number of alkyl halides is 15. The monoisotopic (exact) mass is 468 g/mol. The molecule has 0 spiro atoms. The van der Waals surface area contributed by atoms with E-state index in [0.29, 0.717) is 0 Å². The van der Waals surface area contributed by atoms with Gasteiger partial charge in [0.25, 0.3) is 0 Å². The molecule has 172 valence electrons. The van der Waals surface area contributed by atoms with Gasteiger partial charge in [0, 0.05) is 11.6 Å².